The van der Waals surface area contributed by atoms with Gasteiger partial charge in [0.2, 0.25) is 5.91 Å². The Labute approximate surface area is 139 Å². The van der Waals surface area contributed by atoms with E-state index in [0.717, 1.165) is 34.9 Å². The van der Waals surface area contributed by atoms with Crippen LogP contribution in [0.25, 0.3) is 0 Å². The van der Waals surface area contributed by atoms with Gasteiger partial charge in [-0.3, -0.25) is 4.79 Å². The third-order valence-corrected chi connectivity index (χ3v) is 6.17. The smallest absolute Gasteiger partial charge is 0.326 e. The summed E-state index contributed by atoms with van der Waals surface area (Å²) in [5.41, 5.74) is 0. The average Bonchev–Trinajstić information content (AvgIpc) is 3.08. The molecule has 1 aromatic rings. The minimum atomic E-state index is -0.859. The zero-order valence-corrected chi connectivity index (χ0v) is 13.9. The number of carboxylic acids is 1. The van der Waals surface area contributed by atoms with Crippen molar-refractivity contribution in [3.05, 3.63) is 21.3 Å². The molecule has 1 saturated heterocycles. The highest BCUT2D eigenvalue weighted by Crippen LogP contribution is 2.40. The van der Waals surface area contributed by atoms with Crippen molar-refractivity contribution in [2.45, 2.75) is 57.0 Å². The van der Waals surface area contributed by atoms with Gasteiger partial charge >= 0.3 is 5.97 Å². The molecule has 2 heterocycles. The topological polar surface area (TPSA) is 57.6 Å². The molecule has 0 spiro atoms. The molecule has 1 aromatic heterocycles. The molecule has 6 heteroatoms. The fourth-order valence-corrected chi connectivity index (χ4v) is 4.97. The van der Waals surface area contributed by atoms with Crippen molar-refractivity contribution in [2.75, 3.05) is 0 Å². The lowest BCUT2D eigenvalue weighted by atomic mass is 9.84. The first-order valence-electron chi connectivity index (χ1n) is 7.84. The summed E-state index contributed by atoms with van der Waals surface area (Å²) < 4.78 is 0.722. The Hall–Kier alpha value is -1.07. The van der Waals surface area contributed by atoms with Gasteiger partial charge in [-0.05, 0) is 43.7 Å². The lowest BCUT2D eigenvalue weighted by Gasteiger charge is -2.33. The summed E-state index contributed by atoms with van der Waals surface area (Å²) in [5.74, 6) is -0.511. The highest BCUT2D eigenvalue weighted by Gasteiger charge is 2.47. The number of rotatable bonds is 4. The van der Waals surface area contributed by atoms with E-state index in [9.17, 15) is 14.7 Å². The van der Waals surface area contributed by atoms with Crippen molar-refractivity contribution in [3.63, 3.8) is 0 Å². The Kier molecular flexibility index (Phi) is 4.73. The number of carbonyl (C=O) groups excluding carboxylic acids is 1. The van der Waals surface area contributed by atoms with Crippen molar-refractivity contribution in [3.8, 4) is 0 Å². The van der Waals surface area contributed by atoms with E-state index in [0.29, 0.717) is 25.2 Å². The molecule has 1 saturated carbocycles. The minimum Gasteiger partial charge on any atom is -0.480 e. The zero-order valence-electron chi connectivity index (χ0n) is 12.3. The SMILES string of the molecule is O=C(O)C1CC2CCCCC2N1C(=O)CCc1ccc(Cl)s1. The van der Waals surface area contributed by atoms with Crippen LogP contribution in [0, 0.1) is 5.92 Å². The highest BCUT2D eigenvalue weighted by molar-refractivity contribution is 7.16. The summed E-state index contributed by atoms with van der Waals surface area (Å²) in [4.78, 5) is 26.9. The number of amides is 1. The molecule has 3 rings (SSSR count). The van der Waals surface area contributed by atoms with Gasteiger partial charge < -0.3 is 10.0 Å². The van der Waals surface area contributed by atoms with Crippen LogP contribution in [0.5, 0.6) is 0 Å². The Balaban J connectivity index is 1.69. The molecular formula is C16H20ClNO3S. The van der Waals surface area contributed by atoms with Crippen LogP contribution in [0.15, 0.2) is 12.1 Å². The summed E-state index contributed by atoms with van der Waals surface area (Å²) in [5, 5.41) is 9.46. The molecule has 3 unspecified atom stereocenters. The Morgan fingerprint density at radius 1 is 1.32 bits per heavy atom. The summed E-state index contributed by atoms with van der Waals surface area (Å²) in [6.07, 6.45) is 5.88. The third kappa shape index (κ3) is 3.15. The lowest BCUT2D eigenvalue weighted by Crippen LogP contribution is -2.46. The van der Waals surface area contributed by atoms with E-state index in [1.54, 1.807) is 4.90 Å². The molecule has 3 atom stereocenters. The maximum atomic E-state index is 12.6. The zero-order chi connectivity index (χ0) is 15.7. The number of aliphatic carboxylic acids is 1. The minimum absolute atomic E-state index is 0.0219. The van der Waals surface area contributed by atoms with Gasteiger partial charge in [-0.15, -0.1) is 11.3 Å². The molecule has 0 aromatic carbocycles. The molecule has 1 aliphatic heterocycles. The molecule has 1 amide bonds. The molecule has 2 fully saturated rings. The van der Waals surface area contributed by atoms with Crippen molar-refractivity contribution < 1.29 is 14.7 Å². The highest BCUT2D eigenvalue weighted by atomic mass is 35.5. The fourth-order valence-electron chi connectivity index (χ4n) is 3.88. The Bertz CT molecular complexity index is 573. The standard InChI is InChI=1S/C16H20ClNO3S/c17-14-7-5-11(22-14)6-8-15(19)18-12-4-2-1-3-10(12)9-13(18)16(20)21/h5,7,10,12-13H,1-4,6,8-9H2,(H,20,21). The van der Waals surface area contributed by atoms with E-state index >= 15 is 0 Å². The maximum Gasteiger partial charge on any atom is 0.326 e. The number of hydrogen-bond acceptors (Lipinski definition) is 3. The van der Waals surface area contributed by atoms with Crippen molar-refractivity contribution in [2.24, 2.45) is 5.92 Å². The number of halogens is 1. The summed E-state index contributed by atoms with van der Waals surface area (Å²) in [6.45, 7) is 0. The second-order valence-electron chi connectivity index (χ2n) is 6.21. The van der Waals surface area contributed by atoms with Crippen LogP contribution < -0.4 is 0 Å². The fraction of sp³-hybridized carbons (Fsp3) is 0.625. The quantitative estimate of drug-likeness (QED) is 0.910. The van der Waals surface area contributed by atoms with Crippen molar-refractivity contribution in [1.82, 2.24) is 4.90 Å². The van der Waals surface area contributed by atoms with Crippen molar-refractivity contribution in [1.29, 1.82) is 0 Å². The van der Waals surface area contributed by atoms with E-state index < -0.39 is 12.0 Å². The van der Waals surface area contributed by atoms with E-state index in [1.165, 1.54) is 11.3 Å². The van der Waals surface area contributed by atoms with Gasteiger partial charge in [0.15, 0.2) is 0 Å². The van der Waals surface area contributed by atoms with Gasteiger partial charge in [-0.1, -0.05) is 24.4 Å². The van der Waals surface area contributed by atoms with Crippen LogP contribution in [0.1, 0.15) is 43.4 Å². The molecule has 0 bridgehead atoms. The molecule has 1 N–H and O–H groups in total. The first kappa shape index (κ1) is 15.8. The number of hydrogen-bond donors (Lipinski definition) is 1. The maximum absolute atomic E-state index is 12.6. The Morgan fingerprint density at radius 3 is 2.77 bits per heavy atom. The van der Waals surface area contributed by atoms with Gasteiger partial charge in [-0.25, -0.2) is 4.79 Å². The first-order valence-corrected chi connectivity index (χ1v) is 9.04. The predicted octanol–water partition coefficient (Wildman–Crippen LogP) is 3.58. The van der Waals surface area contributed by atoms with E-state index in [-0.39, 0.29) is 11.9 Å². The van der Waals surface area contributed by atoms with E-state index in [4.69, 9.17) is 11.6 Å². The number of carbonyl (C=O) groups is 2. The largest absolute Gasteiger partial charge is 0.480 e. The van der Waals surface area contributed by atoms with Gasteiger partial charge in [0.1, 0.15) is 6.04 Å². The number of nitrogens with zero attached hydrogens (tertiary/aromatic N) is 1. The van der Waals surface area contributed by atoms with Gasteiger partial charge in [-0.2, -0.15) is 0 Å². The second-order valence-corrected chi connectivity index (χ2v) is 8.01. The number of fused-ring (bicyclic) bond motifs is 1. The summed E-state index contributed by atoms with van der Waals surface area (Å²) >= 11 is 7.38. The van der Waals surface area contributed by atoms with Crippen molar-refractivity contribution >= 4 is 34.8 Å². The number of carboxylic acid groups (broad SMARTS) is 1. The average molecular weight is 342 g/mol. The molecule has 4 nitrogen and oxygen atoms in total. The number of aryl methyl sites for hydroxylation is 1. The van der Waals surface area contributed by atoms with Crippen LogP contribution in [-0.2, 0) is 16.0 Å². The second kappa shape index (κ2) is 6.59. The van der Waals surface area contributed by atoms with Gasteiger partial charge in [0.05, 0.1) is 4.34 Å². The monoisotopic (exact) mass is 341 g/mol. The van der Waals surface area contributed by atoms with E-state index in [1.807, 2.05) is 12.1 Å². The van der Waals surface area contributed by atoms with Gasteiger partial charge in [0.25, 0.3) is 0 Å². The van der Waals surface area contributed by atoms with Crippen LogP contribution in [-0.4, -0.2) is 34.0 Å². The third-order valence-electron chi connectivity index (χ3n) is 4.88. The summed E-state index contributed by atoms with van der Waals surface area (Å²) in [7, 11) is 0. The van der Waals surface area contributed by atoms with Crippen LogP contribution in [0.2, 0.25) is 4.34 Å². The van der Waals surface area contributed by atoms with Crippen LogP contribution >= 0.6 is 22.9 Å². The lowest BCUT2D eigenvalue weighted by molar-refractivity contribution is -0.149. The predicted molar refractivity (Wildman–Crippen MR) is 86.3 cm³/mol. The molecule has 120 valence electrons. The number of likely N-dealkylation sites (tertiary alicyclic amines) is 1. The Morgan fingerprint density at radius 2 is 2.09 bits per heavy atom. The normalized spacial score (nSPS) is 27.7. The molecular weight excluding hydrogens is 322 g/mol. The van der Waals surface area contributed by atoms with E-state index in [2.05, 4.69) is 0 Å². The van der Waals surface area contributed by atoms with Crippen LogP contribution in [0.4, 0.5) is 0 Å². The molecule has 2 aliphatic rings. The molecule has 22 heavy (non-hydrogen) atoms. The molecule has 0 radical (unpaired) electrons. The van der Waals surface area contributed by atoms with Gasteiger partial charge in [0, 0.05) is 17.3 Å². The van der Waals surface area contributed by atoms with Crippen LogP contribution in [0.3, 0.4) is 0 Å². The summed E-state index contributed by atoms with van der Waals surface area (Å²) in [6, 6.07) is 3.27. The number of thiophene rings is 1. The molecule has 1 aliphatic carbocycles. The first-order chi connectivity index (χ1) is 10.6.